The molecular weight excluding hydrogens is 204 g/mol. The molecule has 1 aliphatic carbocycles. The fourth-order valence-corrected chi connectivity index (χ4v) is 1.96. The van der Waals surface area contributed by atoms with E-state index in [9.17, 15) is 4.79 Å². The van der Waals surface area contributed by atoms with Crippen LogP contribution >= 0.6 is 0 Å². The Morgan fingerprint density at radius 1 is 1.56 bits per heavy atom. The summed E-state index contributed by atoms with van der Waals surface area (Å²) in [4.78, 5) is 11.5. The molecule has 1 unspecified atom stereocenters. The first kappa shape index (κ1) is 13.5. The summed E-state index contributed by atoms with van der Waals surface area (Å²) in [5, 5.41) is 2.95. The van der Waals surface area contributed by atoms with Crippen LogP contribution in [0.4, 0.5) is 0 Å². The minimum atomic E-state index is -0.0726. The molecule has 1 saturated carbocycles. The topological polar surface area (TPSA) is 64.3 Å². The van der Waals surface area contributed by atoms with Gasteiger partial charge in [0.15, 0.2) is 0 Å². The highest BCUT2D eigenvalue weighted by atomic mass is 16.5. The van der Waals surface area contributed by atoms with Gasteiger partial charge in [-0.05, 0) is 39.0 Å². The van der Waals surface area contributed by atoms with Crippen LogP contribution in [-0.4, -0.2) is 31.2 Å². The normalized spacial score (nSPS) is 19.9. The molecule has 0 aromatic rings. The van der Waals surface area contributed by atoms with Gasteiger partial charge in [0.1, 0.15) is 0 Å². The highest BCUT2D eigenvalue weighted by Gasteiger charge is 2.36. The summed E-state index contributed by atoms with van der Waals surface area (Å²) in [5.41, 5.74) is 5.55. The van der Waals surface area contributed by atoms with Crippen molar-refractivity contribution in [2.75, 3.05) is 13.7 Å². The molecule has 0 bridgehead atoms. The lowest BCUT2D eigenvalue weighted by atomic mass is 9.80. The molecule has 1 amide bonds. The summed E-state index contributed by atoms with van der Waals surface area (Å²) in [6.07, 6.45) is 5.66. The van der Waals surface area contributed by atoms with E-state index in [4.69, 9.17) is 10.5 Å². The monoisotopic (exact) mass is 228 g/mol. The Hall–Kier alpha value is -0.610. The first-order valence-electron chi connectivity index (χ1n) is 6.15. The molecule has 0 aromatic heterocycles. The number of rotatable bonds is 7. The van der Waals surface area contributed by atoms with Crippen molar-refractivity contribution in [1.29, 1.82) is 0 Å². The molecule has 0 aliphatic heterocycles. The van der Waals surface area contributed by atoms with Gasteiger partial charge in [-0.25, -0.2) is 0 Å². The van der Waals surface area contributed by atoms with Gasteiger partial charge in [-0.15, -0.1) is 0 Å². The van der Waals surface area contributed by atoms with E-state index in [0.29, 0.717) is 13.0 Å². The second-order valence-corrected chi connectivity index (χ2v) is 4.89. The van der Waals surface area contributed by atoms with Crippen LogP contribution in [0.2, 0.25) is 0 Å². The molecule has 16 heavy (non-hydrogen) atoms. The van der Waals surface area contributed by atoms with Crippen molar-refractivity contribution in [1.82, 2.24) is 5.32 Å². The minimum Gasteiger partial charge on any atom is -0.376 e. The van der Waals surface area contributed by atoms with Crippen LogP contribution in [-0.2, 0) is 9.53 Å². The predicted molar refractivity (Wildman–Crippen MR) is 64.1 cm³/mol. The zero-order chi connectivity index (χ0) is 12.0. The van der Waals surface area contributed by atoms with E-state index in [1.807, 2.05) is 6.92 Å². The van der Waals surface area contributed by atoms with E-state index >= 15 is 0 Å². The van der Waals surface area contributed by atoms with Gasteiger partial charge in [0, 0.05) is 26.1 Å². The average molecular weight is 228 g/mol. The molecule has 4 nitrogen and oxygen atoms in total. The van der Waals surface area contributed by atoms with Gasteiger partial charge in [0.05, 0.1) is 5.60 Å². The summed E-state index contributed by atoms with van der Waals surface area (Å²) in [6, 6.07) is 0.185. The summed E-state index contributed by atoms with van der Waals surface area (Å²) < 4.78 is 5.43. The minimum absolute atomic E-state index is 0.0726. The molecule has 1 rings (SSSR count). The van der Waals surface area contributed by atoms with Crippen LogP contribution < -0.4 is 11.1 Å². The van der Waals surface area contributed by atoms with Crippen molar-refractivity contribution < 1.29 is 9.53 Å². The number of carbonyl (C=O) groups is 1. The lowest BCUT2D eigenvalue weighted by Crippen LogP contribution is -2.49. The standard InChI is InChI=1S/C12H24N2O2/c1-10(13)5-3-6-11(15)14-9-12(16-2)7-4-8-12/h10H,3-9,13H2,1-2H3,(H,14,15). The van der Waals surface area contributed by atoms with E-state index in [1.165, 1.54) is 6.42 Å². The van der Waals surface area contributed by atoms with Gasteiger partial charge in [0.2, 0.25) is 5.91 Å². The first-order valence-corrected chi connectivity index (χ1v) is 6.15. The Bertz CT molecular complexity index is 220. The van der Waals surface area contributed by atoms with Gasteiger partial charge >= 0.3 is 0 Å². The Kier molecular flexibility index (Phi) is 5.22. The van der Waals surface area contributed by atoms with Crippen LogP contribution in [0.25, 0.3) is 0 Å². The largest absolute Gasteiger partial charge is 0.376 e. The van der Waals surface area contributed by atoms with E-state index in [1.54, 1.807) is 7.11 Å². The van der Waals surface area contributed by atoms with Crippen LogP contribution in [0, 0.1) is 0 Å². The second kappa shape index (κ2) is 6.21. The fraction of sp³-hybridized carbons (Fsp3) is 0.917. The number of ether oxygens (including phenoxy) is 1. The lowest BCUT2D eigenvalue weighted by molar-refractivity contribution is -0.125. The zero-order valence-electron chi connectivity index (χ0n) is 10.4. The quantitative estimate of drug-likeness (QED) is 0.688. The molecule has 0 heterocycles. The van der Waals surface area contributed by atoms with E-state index in [0.717, 1.165) is 25.7 Å². The molecule has 4 heteroatoms. The first-order chi connectivity index (χ1) is 7.58. The lowest BCUT2D eigenvalue weighted by Gasteiger charge is -2.40. The highest BCUT2D eigenvalue weighted by Crippen LogP contribution is 2.34. The van der Waals surface area contributed by atoms with Crippen molar-refractivity contribution in [3.05, 3.63) is 0 Å². The maximum Gasteiger partial charge on any atom is 0.220 e. The molecule has 1 fully saturated rings. The molecule has 94 valence electrons. The number of hydrogen-bond acceptors (Lipinski definition) is 3. The number of nitrogens with one attached hydrogen (secondary N) is 1. The van der Waals surface area contributed by atoms with Gasteiger partial charge in [-0.3, -0.25) is 4.79 Å². The number of nitrogens with two attached hydrogens (primary N) is 1. The number of carbonyl (C=O) groups excluding carboxylic acids is 1. The molecule has 0 radical (unpaired) electrons. The summed E-state index contributed by atoms with van der Waals surface area (Å²) in [5.74, 6) is 0.115. The van der Waals surface area contributed by atoms with Gasteiger partial charge in [-0.2, -0.15) is 0 Å². The average Bonchev–Trinajstić information content (AvgIpc) is 2.16. The molecule has 3 N–H and O–H groups in total. The second-order valence-electron chi connectivity index (χ2n) is 4.89. The Morgan fingerprint density at radius 2 is 2.25 bits per heavy atom. The molecule has 0 saturated heterocycles. The smallest absolute Gasteiger partial charge is 0.220 e. The Balaban J connectivity index is 2.10. The maximum atomic E-state index is 11.5. The molecule has 0 aromatic carbocycles. The van der Waals surface area contributed by atoms with Crippen molar-refractivity contribution in [3.63, 3.8) is 0 Å². The van der Waals surface area contributed by atoms with Crippen molar-refractivity contribution in [2.45, 2.75) is 57.1 Å². The third-order valence-corrected chi connectivity index (χ3v) is 3.37. The molecular formula is C12H24N2O2. The van der Waals surface area contributed by atoms with Crippen LogP contribution in [0.5, 0.6) is 0 Å². The van der Waals surface area contributed by atoms with Crippen molar-refractivity contribution in [2.24, 2.45) is 5.73 Å². The van der Waals surface area contributed by atoms with Crippen LogP contribution in [0.3, 0.4) is 0 Å². The van der Waals surface area contributed by atoms with Crippen molar-refractivity contribution in [3.8, 4) is 0 Å². The third-order valence-electron chi connectivity index (χ3n) is 3.37. The van der Waals surface area contributed by atoms with Crippen LogP contribution in [0.15, 0.2) is 0 Å². The summed E-state index contributed by atoms with van der Waals surface area (Å²) >= 11 is 0. The Morgan fingerprint density at radius 3 is 2.69 bits per heavy atom. The van der Waals surface area contributed by atoms with Gasteiger partial charge < -0.3 is 15.8 Å². The molecule has 1 aliphatic rings. The maximum absolute atomic E-state index is 11.5. The van der Waals surface area contributed by atoms with E-state index < -0.39 is 0 Å². The number of methoxy groups -OCH3 is 1. The fourth-order valence-electron chi connectivity index (χ4n) is 1.96. The van der Waals surface area contributed by atoms with Gasteiger partial charge in [-0.1, -0.05) is 0 Å². The highest BCUT2D eigenvalue weighted by molar-refractivity contribution is 5.75. The molecule has 1 atom stereocenters. The Labute approximate surface area is 97.9 Å². The summed E-state index contributed by atoms with van der Waals surface area (Å²) in [6.45, 7) is 2.62. The zero-order valence-corrected chi connectivity index (χ0v) is 10.4. The summed E-state index contributed by atoms with van der Waals surface area (Å²) in [7, 11) is 1.72. The predicted octanol–water partition coefficient (Wildman–Crippen LogP) is 1.19. The number of amides is 1. The SMILES string of the molecule is COC1(CNC(=O)CCCC(C)N)CCC1. The van der Waals surface area contributed by atoms with E-state index in [2.05, 4.69) is 5.32 Å². The van der Waals surface area contributed by atoms with Crippen LogP contribution in [0.1, 0.15) is 45.4 Å². The van der Waals surface area contributed by atoms with Gasteiger partial charge in [0.25, 0.3) is 0 Å². The third kappa shape index (κ3) is 4.10. The number of hydrogen-bond donors (Lipinski definition) is 2. The molecule has 0 spiro atoms. The van der Waals surface area contributed by atoms with Crippen molar-refractivity contribution >= 4 is 5.91 Å². The van der Waals surface area contributed by atoms with E-state index in [-0.39, 0.29) is 17.6 Å².